The van der Waals surface area contributed by atoms with Gasteiger partial charge >= 0.3 is 0 Å². The molecular formula is C20H20N2O5S. The van der Waals surface area contributed by atoms with Crippen LogP contribution in [0.15, 0.2) is 72.1 Å². The molecule has 0 radical (unpaired) electrons. The number of carbonyl (C=O) groups excluding carboxylic acids is 2. The van der Waals surface area contributed by atoms with Crippen LogP contribution in [0.4, 0.5) is 0 Å². The van der Waals surface area contributed by atoms with Gasteiger partial charge in [0, 0.05) is 12.0 Å². The highest BCUT2D eigenvalue weighted by Crippen LogP contribution is 2.44. The first-order chi connectivity index (χ1) is 13.4. The molecule has 0 saturated heterocycles. The summed E-state index contributed by atoms with van der Waals surface area (Å²) in [5.74, 6) is -0.746. The summed E-state index contributed by atoms with van der Waals surface area (Å²) in [7, 11) is -4.13. The van der Waals surface area contributed by atoms with Crippen molar-refractivity contribution in [3.8, 4) is 5.75 Å². The summed E-state index contributed by atoms with van der Waals surface area (Å²) in [6.07, 6.45) is 2.20. The number of rotatable bonds is 9. The standard InChI is InChI=1S/C20H20N2O5S/c1-2-16-12-20(16,21-14-23)19(24)22-28(25,26)18-10-6-9-17(11-18)27-13-15-7-4-3-5-8-15/h2-11,14,16H,1,12-13H2,(H,21,23)(H,22,24)/t16-,20-/m1/s1. The third kappa shape index (κ3) is 4.07. The van der Waals surface area contributed by atoms with E-state index in [-0.39, 0.29) is 17.4 Å². The molecule has 7 nitrogen and oxygen atoms in total. The van der Waals surface area contributed by atoms with Gasteiger partial charge in [-0.1, -0.05) is 42.5 Å². The van der Waals surface area contributed by atoms with Crippen molar-refractivity contribution in [1.82, 2.24) is 10.0 Å². The number of nitrogens with one attached hydrogen (secondary N) is 2. The Bertz CT molecular complexity index is 991. The van der Waals surface area contributed by atoms with Crippen LogP contribution in [-0.2, 0) is 26.2 Å². The minimum Gasteiger partial charge on any atom is -0.489 e. The number of hydrogen-bond donors (Lipinski definition) is 2. The first-order valence-electron chi connectivity index (χ1n) is 8.59. The summed E-state index contributed by atoms with van der Waals surface area (Å²) in [6, 6.07) is 15.3. The predicted octanol–water partition coefficient (Wildman–Crippen LogP) is 1.76. The molecule has 2 atom stereocenters. The lowest BCUT2D eigenvalue weighted by atomic mass is 10.2. The van der Waals surface area contributed by atoms with Crippen molar-refractivity contribution in [2.24, 2.45) is 5.92 Å². The van der Waals surface area contributed by atoms with E-state index in [1.807, 2.05) is 35.1 Å². The van der Waals surface area contributed by atoms with Crippen LogP contribution in [0.3, 0.4) is 0 Å². The van der Waals surface area contributed by atoms with E-state index in [1.165, 1.54) is 24.3 Å². The summed E-state index contributed by atoms with van der Waals surface area (Å²) in [6.45, 7) is 3.87. The Balaban J connectivity index is 1.72. The van der Waals surface area contributed by atoms with Gasteiger partial charge in [0.25, 0.3) is 15.9 Å². The summed E-state index contributed by atoms with van der Waals surface area (Å²) < 4.78 is 32.9. The van der Waals surface area contributed by atoms with Gasteiger partial charge in [-0.2, -0.15) is 0 Å². The zero-order valence-electron chi connectivity index (χ0n) is 15.0. The highest BCUT2D eigenvalue weighted by Gasteiger charge is 2.59. The SMILES string of the molecule is C=C[C@@H]1C[C@]1(NC=O)C(=O)NS(=O)(=O)c1cccc(OCc2ccccc2)c1. The highest BCUT2D eigenvalue weighted by atomic mass is 32.2. The average Bonchev–Trinajstić information content (AvgIpc) is 3.42. The highest BCUT2D eigenvalue weighted by molar-refractivity contribution is 7.90. The number of ether oxygens (including phenoxy) is 1. The second kappa shape index (κ2) is 7.85. The Morgan fingerprint density at radius 3 is 2.61 bits per heavy atom. The van der Waals surface area contributed by atoms with E-state index in [0.717, 1.165) is 5.56 Å². The van der Waals surface area contributed by atoms with Gasteiger partial charge in [0.15, 0.2) is 0 Å². The summed E-state index contributed by atoms with van der Waals surface area (Å²) in [4.78, 5) is 23.2. The molecular weight excluding hydrogens is 380 g/mol. The summed E-state index contributed by atoms with van der Waals surface area (Å²) in [5.41, 5.74) is -0.326. The average molecular weight is 400 g/mol. The van der Waals surface area contributed by atoms with Crippen LogP contribution >= 0.6 is 0 Å². The minimum absolute atomic E-state index is 0.108. The fraction of sp³-hybridized carbons (Fsp3) is 0.200. The number of sulfonamides is 1. The fourth-order valence-electron chi connectivity index (χ4n) is 2.91. The molecule has 0 spiro atoms. The minimum atomic E-state index is -4.13. The molecule has 8 heteroatoms. The van der Waals surface area contributed by atoms with Crippen LogP contribution in [0.25, 0.3) is 0 Å². The van der Waals surface area contributed by atoms with E-state index in [9.17, 15) is 18.0 Å². The number of benzene rings is 2. The zero-order valence-corrected chi connectivity index (χ0v) is 15.8. The first-order valence-corrected chi connectivity index (χ1v) is 10.1. The molecule has 2 N–H and O–H groups in total. The van der Waals surface area contributed by atoms with Crippen molar-refractivity contribution in [2.45, 2.75) is 23.5 Å². The lowest BCUT2D eigenvalue weighted by Crippen LogP contribution is -2.49. The zero-order chi connectivity index (χ0) is 20.2. The van der Waals surface area contributed by atoms with Crippen LogP contribution in [0.5, 0.6) is 5.75 Å². The monoisotopic (exact) mass is 400 g/mol. The maximum absolute atomic E-state index is 12.6. The van der Waals surface area contributed by atoms with Gasteiger partial charge < -0.3 is 10.1 Å². The molecule has 3 rings (SSSR count). The molecule has 0 heterocycles. The molecule has 0 unspecified atom stereocenters. The second-order valence-corrected chi connectivity index (χ2v) is 8.15. The van der Waals surface area contributed by atoms with Crippen molar-refractivity contribution in [1.29, 1.82) is 0 Å². The van der Waals surface area contributed by atoms with Gasteiger partial charge in [0.05, 0.1) is 4.90 Å². The Kier molecular flexibility index (Phi) is 5.51. The van der Waals surface area contributed by atoms with Crippen molar-refractivity contribution in [2.75, 3.05) is 0 Å². The van der Waals surface area contributed by atoms with Crippen LogP contribution in [-0.4, -0.2) is 26.3 Å². The molecule has 1 saturated carbocycles. The van der Waals surface area contributed by atoms with Crippen molar-refractivity contribution in [3.05, 3.63) is 72.8 Å². The predicted molar refractivity (Wildman–Crippen MR) is 103 cm³/mol. The Hall–Kier alpha value is -3.13. The number of hydrogen-bond acceptors (Lipinski definition) is 5. The van der Waals surface area contributed by atoms with E-state index < -0.39 is 21.5 Å². The van der Waals surface area contributed by atoms with E-state index >= 15 is 0 Å². The van der Waals surface area contributed by atoms with E-state index in [1.54, 1.807) is 6.07 Å². The maximum atomic E-state index is 12.6. The Morgan fingerprint density at radius 1 is 1.21 bits per heavy atom. The van der Waals surface area contributed by atoms with Crippen LogP contribution in [0.1, 0.15) is 12.0 Å². The van der Waals surface area contributed by atoms with E-state index in [4.69, 9.17) is 4.74 Å². The Morgan fingerprint density at radius 2 is 1.96 bits per heavy atom. The third-order valence-electron chi connectivity index (χ3n) is 4.61. The Labute approximate surface area is 163 Å². The number of amides is 2. The van der Waals surface area contributed by atoms with Gasteiger partial charge in [-0.3, -0.25) is 9.59 Å². The van der Waals surface area contributed by atoms with Gasteiger partial charge in [-0.25, -0.2) is 13.1 Å². The largest absolute Gasteiger partial charge is 0.489 e. The molecule has 28 heavy (non-hydrogen) atoms. The lowest BCUT2D eigenvalue weighted by Gasteiger charge is -2.16. The molecule has 1 fully saturated rings. The van der Waals surface area contributed by atoms with Gasteiger partial charge in [0.2, 0.25) is 6.41 Å². The van der Waals surface area contributed by atoms with Crippen molar-refractivity contribution in [3.63, 3.8) is 0 Å². The van der Waals surface area contributed by atoms with Crippen LogP contribution in [0.2, 0.25) is 0 Å². The molecule has 0 bridgehead atoms. The number of carbonyl (C=O) groups is 2. The molecule has 0 aromatic heterocycles. The summed E-state index contributed by atoms with van der Waals surface area (Å²) in [5, 5.41) is 2.40. The fourth-order valence-corrected chi connectivity index (χ4v) is 3.99. The summed E-state index contributed by atoms with van der Waals surface area (Å²) >= 11 is 0. The quantitative estimate of drug-likeness (QED) is 0.493. The smallest absolute Gasteiger partial charge is 0.264 e. The molecule has 1 aliphatic rings. The lowest BCUT2D eigenvalue weighted by molar-refractivity contribution is -0.125. The second-order valence-electron chi connectivity index (χ2n) is 6.46. The molecule has 2 amide bonds. The molecule has 0 aliphatic heterocycles. The molecule has 2 aromatic carbocycles. The van der Waals surface area contributed by atoms with Gasteiger partial charge in [-0.05, 0) is 24.1 Å². The molecule has 1 aliphatic carbocycles. The molecule has 2 aromatic rings. The van der Waals surface area contributed by atoms with Crippen molar-refractivity contribution < 1.29 is 22.7 Å². The molecule has 146 valence electrons. The first kappa shape index (κ1) is 19.6. The normalized spacial score (nSPS) is 20.6. The van der Waals surface area contributed by atoms with Gasteiger partial charge in [0.1, 0.15) is 17.9 Å². The van der Waals surface area contributed by atoms with Crippen LogP contribution < -0.4 is 14.8 Å². The maximum Gasteiger partial charge on any atom is 0.264 e. The van der Waals surface area contributed by atoms with E-state index in [2.05, 4.69) is 11.9 Å². The van der Waals surface area contributed by atoms with Crippen LogP contribution in [0, 0.1) is 5.92 Å². The van der Waals surface area contributed by atoms with Crippen molar-refractivity contribution >= 4 is 22.3 Å². The topological polar surface area (TPSA) is 102 Å². The van der Waals surface area contributed by atoms with E-state index in [0.29, 0.717) is 18.6 Å². The third-order valence-corrected chi connectivity index (χ3v) is 5.94. The van der Waals surface area contributed by atoms with Gasteiger partial charge in [-0.15, -0.1) is 6.58 Å².